The zero-order valence-corrected chi connectivity index (χ0v) is 16.6. The molecule has 2 aromatic rings. The summed E-state index contributed by atoms with van der Waals surface area (Å²) in [6, 6.07) is 4.29. The van der Waals surface area contributed by atoms with Crippen LogP contribution in [0, 0.1) is 11.7 Å². The number of benzene rings is 1. The molecule has 4 rings (SSSR count). The number of rotatable bonds is 5. The Morgan fingerprint density at radius 3 is 2.93 bits per heavy atom. The Labute approximate surface area is 172 Å². The maximum Gasteiger partial charge on any atom is 0.283 e. The van der Waals surface area contributed by atoms with Gasteiger partial charge in [0, 0.05) is 11.3 Å². The monoisotopic (exact) mass is 415 g/mol. The van der Waals surface area contributed by atoms with Gasteiger partial charge in [-0.1, -0.05) is 0 Å². The topological polar surface area (TPSA) is 121 Å². The average Bonchev–Trinajstić information content (AvgIpc) is 3.19. The number of carbonyl (C=O) groups is 1. The van der Waals surface area contributed by atoms with Gasteiger partial charge in [-0.25, -0.2) is 19.4 Å². The van der Waals surface area contributed by atoms with E-state index in [0.29, 0.717) is 37.0 Å². The third kappa shape index (κ3) is 3.65. The highest BCUT2D eigenvalue weighted by Crippen LogP contribution is 2.43. The van der Waals surface area contributed by atoms with Crippen LogP contribution in [-0.2, 0) is 15.0 Å². The summed E-state index contributed by atoms with van der Waals surface area (Å²) in [5, 5.41) is 2.71. The third-order valence-electron chi connectivity index (χ3n) is 5.29. The fourth-order valence-corrected chi connectivity index (χ4v) is 3.77. The van der Waals surface area contributed by atoms with E-state index in [0.717, 1.165) is 0 Å². The highest BCUT2D eigenvalue weighted by atomic mass is 19.1. The van der Waals surface area contributed by atoms with E-state index in [4.69, 9.17) is 19.9 Å². The number of anilines is 1. The number of aromatic nitrogens is 2. The molecule has 3 atom stereocenters. The van der Waals surface area contributed by atoms with Crippen LogP contribution in [0.25, 0.3) is 0 Å². The standard InChI is InChI=1S/C20H22FN5O4/c1-3-29-17-8-23-15(7-24-17)18(27)25-11-4-5-14(21)12(6-11)20(2)13-9-28-10-16(13)30-19(22)26-20/h4-8,13,16H,3,9-10H2,1-2H3,(H2,22,26)(H,25,27)/t13-,16+,20+/m0/s1. The molecule has 0 aliphatic carbocycles. The molecule has 1 aromatic carbocycles. The molecule has 3 N–H and O–H groups in total. The van der Waals surface area contributed by atoms with Crippen LogP contribution in [-0.4, -0.2) is 47.8 Å². The summed E-state index contributed by atoms with van der Waals surface area (Å²) >= 11 is 0. The lowest BCUT2D eigenvalue weighted by atomic mass is 9.77. The predicted molar refractivity (Wildman–Crippen MR) is 106 cm³/mol. The number of hydrogen-bond acceptors (Lipinski definition) is 8. The number of nitrogens with zero attached hydrogens (tertiary/aromatic N) is 3. The van der Waals surface area contributed by atoms with Gasteiger partial charge in [0.05, 0.1) is 43.7 Å². The van der Waals surface area contributed by atoms with E-state index >= 15 is 0 Å². The molecular formula is C20H22FN5O4. The Bertz CT molecular complexity index is 984. The van der Waals surface area contributed by atoms with Crippen molar-refractivity contribution in [3.8, 4) is 5.88 Å². The Balaban J connectivity index is 1.60. The van der Waals surface area contributed by atoms with Gasteiger partial charge in [0.15, 0.2) is 0 Å². The van der Waals surface area contributed by atoms with Crippen LogP contribution in [0.1, 0.15) is 29.9 Å². The molecule has 1 aromatic heterocycles. The van der Waals surface area contributed by atoms with Crippen molar-refractivity contribution in [1.29, 1.82) is 0 Å². The molecule has 0 radical (unpaired) electrons. The second-order valence-electron chi connectivity index (χ2n) is 7.22. The highest BCUT2D eigenvalue weighted by Gasteiger charge is 2.50. The molecule has 0 spiro atoms. The molecule has 1 saturated heterocycles. The molecule has 2 aliphatic heterocycles. The first-order valence-electron chi connectivity index (χ1n) is 9.56. The van der Waals surface area contributed by atoms with E-state index in [1.165, 1.54) is 24.5 Å². The molecule has 3 heterocycles. The minimum atomic E-state index is -0.993. The van der Waals surface area contributed by atoms with E-state index in [1.54, 1.807) is 13.0 Å². The van der Waals surface area contributed by atoms with Crippen molar-refractivity contribution in [2.24, 2.45) is 16.6 Å². The molecule has 158 valence electrons. The average molecular weight is 415 g/mol. The van der Waals surface area contributed by atoms with E-state index in [-0.39, 0.29) is 23.7 Å². The maximum atomic E-state index is 14.8. The minimum Gasteiger partial charge on any atom is -0.477 e. The van der Waals surface area contributed by atoms with Crippen molar-refractivity contribution in [2.45, 2.75) is 25.5 Å². The van der Waals surface area contributed by atoms with Crippen molar-refractivity contribution in [1.82, 2.24) is 9.97 Å². The number of aliphatic imine (C=N–C) groups is 1. The van der Waals surface area contributed by atoms with Gasteiger partial charge in [0.25, 0.3) is 11.9 Å². The first-order valence-corrected chi connectivity index (χ1v) is 9.56. The quantitative estimate of drug-likeness (QED) is 0.764. The summed E-state index contributed by atoms with van der Waals surface area (Å²) in [5.74, 6) is -0.817. The Morgan fingerprint density at radius 1 is 1.37 bits per heavy atom. The maximum absolute atomic E-state index is 14.8. The van der Waals surface area contributed by atoms with E-state index < -0.39 is 17.3 Å². The minimum absolute atomic E-state index is 0.0113. The second-order valence-corrected chi connectivity index (χ2v) is 7.22. The number of amides is 1. The molecule has 0 unspecified atom stereocenters. The molecule has 2 aliphatic rings. The lowest BCUT2D eigenvalue weighted by Crippen LogP contribution is -2.47. The van der Waals surface area contributed by atoms with Gasteiger partial charge in [-0.3, -0.25) is 4.79 Å². The fourth-order valence-electron chi connectivity index (χ4n) is 3.77. The number of hydrogen-bond donors (Lipinski definition) is 2. The first-order chi connectivity index (χ1) is 14.4. The van der Waals surface area contributed by atoms with Crippen molar-refractivity contribution >= 4 is 17.6 Å². The summed E-state index contributed by atoms with van der Waals surface area (Å²) in [4.78, 5) is 25.0. The van der Waals surface area contributed by atoms with Crippen molar-refractivity contribution in [3.05, 3.63) is 47.7 Å². The van der Waals surface area contributed by atoms with Crippen LogP contribution in [0.2, 0.25) is 0 Å². The molecule has 9 nitrogen and oxygen atoms in total. The van der Waals surface area contributed by atoms with Crippen molar-refractivity contribution in [2.75, 3.05) is 25.1 Å². The van der Waals surface area contributed by atoms with E-state index in [2.05, 4.69) is 20.3 Å². The number of nitrogens with one attached hydrogen (secondary N) is 1. The molecule has 30 heavy (non-hydrogen) atoms. The summed E-state index contributed by atoms with van der Waals surface area (Å²) in [7, 11) is 0. The van der Waals surface area contributed by atoms with Crippen LogP contribution in [0.3, 0.4) is 0 Å². The van der Waals surface area contributed by atoms with Crippen LogP contribution in [0.5, 0.6) is 5.88 Å². The van der Waals surface area contributed by atoms with Crippen LogP contribution in [0.4, 0.5) is 10.1 Å². The van der Waals surface area contributed by atoms with E-state index in [9.17, 15) is 9.18 Å². The Hall–Kier alpha value is -3.27. The lowest BCUT2D eigenvalue weighted by molar-refractivity contribution is 0.0817. The summed E-state index contributed by atoms with van der Waals surface area (Å²) in [5.41, 5.74) is 5.64. The number of fused-ring (bicyclic) bond motifs is 1. The number of ether oxygens (including phenoxy) is 3. The normalized spacial score (nSPS) is 25.1. The highest BCUT2D eigenvalue weighted by molar-refractivity contribution is 6.02. The summed E-state index contributed by atoms with van der Waals surface area (Å²) in [6.07, 6.45) is 2.38. The zero-order chi connectivity index (χ0) is 21.3. The Kier molecular flexibility index (Phi) is 5.25. The van der Waals surface area contributed by atoms with Gasteiger partial charge in [-0.2, -0.15) is 0 Å². The van der Waals surface area contributed by atoms with Gasteiger partial charge < -0.3 is 25.3 Å². The molecule has 1 fully saturated rings. The summed E-state index contributed by atoms with van der Waals surface area (Å²) < 4.78 is 31.1. The smallest absolute Gasteiger partial charge is 0.283 e. The lowest BCUT2D eigenvalue weighted by Gasteiger charge is -2.38. The van der Waals surface area contributed by atoms with Gasteiger partial charge in [0.2, 0.25) is 5.88 Å². The molecule has 0 saturated carbocycles. The predicted octanol–water partition coefficient (Wildman–Crippen LogP) is 1.84. The molecule has 1 amide bonds. The number of halogens is 1. The Morgan fingerprint density at radius 2 is 2.20 bits per heavy atom. The van der Waals surface area contributed by atoms with Crippen LogP contribution < -0.4 is 15.8 Å². The van der Waals surface area contributed by atoms with Gasteiger partial charge in [0.1, 0.15) is 17.6 Å². The SMILES string of the molecule is CCOc1cnc(C(=O)Nc2ccc(F)c([C@@]3(C)N=C(N)O[C@@H]4COC[C@@H]43)c2)cn1. The second kappa shape index (κ2) is 7.86. The molecule has 0 bridgehead atoms. The van der Waals surface area contributed by atoms with Crippen LogP contribution in [0.15, 0.2) is 35.6 Å². The van der Waals surface area contributed by atoms with Gasteiger partial charge >= 0.3 is 0 Å². The zero-order valence-electron chi connectivity index (χ0n) is 16.6. The van der Waals surface area contributed by atoms with Crippen molar-refractivity contribution in [3.63, 3.8) is 0 Å². The number of amidine groups is 1. The number of nitrogens with two attached hydrogens (primary N) is 1. The van der Waals surface area contributed by atoms with Gasteiger partial charge in [-0.15, -0.1) is 0 Å². The van der Waals surface area contributed by atoms with Crippen molar-refractivity contribution < 1.29 is 23.4 Å². The summed E-state index contributed by atoms with van der Waals surface area (Å²) in [6.45, 7) is 4.80. The largest absolute Gasteiger partial charge is 0.477 e. The van der Waals surface area contributed by atoms with Crippen LogP contribution >= 0.6 is 0 Å². The third-order valence-corrected chi connectivity index (χ3v) is 5.29. The molecule has 10 heteroatoms. The van der Waals surface area contributed by atoms with E-state index in [1.807, 2.05) is 6.92 Å². The fraction of sp³-hybridized carbons (Fsp3) is 0.400. The first kappa shape index (κ1) is 20.0. The number of carbonyl (C=O) groups excluding carboxylic acids is 1. The van der Waals surface area contributed by atoms with Gasteiger partial charge in [-0.05, 0) is 32.0 Å². The molecular weight excluding hydrogens is 393 g/mol.